The number of rotatable bonds is 9. The molecule has 0 fully saturated rings. The first-order chi connectivity index (χ1) is 11.7. The Balaban J connectivity index is 4.58. The zero-order valence-corrected chi connectivity index (χ0v) is 13.0. The first-order valence-electron chi connectivity index (χ1n) is 6.94. The van der Waals surface area contributed by atoms with Crippen LogP contribution < -0.4 is 10.6 Å². The second-order valence-electron chi connectivity index (χ2n) is 4.79. The summed E-state index contributed by atoms with van der Waals surface area (Å²) >= 11 is 0. The summed E-state index contributed by atoms with van der Waals surface area (Å²) in [5.74, 6) is -6.80. The van der Waals surface area contributed by atoms with Gasteiger partial charge in [-0.1, -0.05) is 0 Å². The van der Waals surface area contributed by atoms with Crippen molar-refractivity contribution in [3.63, 3.8) is 0 Å². The van der Waals surface area contributed by atoms with E-state index in [0.29, 0.717) is 0 Å². The third kappa shape index (κ3) is 9.68. The second kappa shape index (κ2) is 9.82. The van der Waals surface area contributed by atoms with Gasteiger partial charge in [-0.25, -0.2) is 0 Å². The molecule has 150 valence electrons. The molecule has 0 aliphatic heterocycles. The van der Waals surface area contributed by atoms with Crippen molar-refractivity contribution in [3.8, 4) is 0 Å². The minimum Gasteiger partial charge on any atom is -0.481 e. The molecule has 0 saturated carbocycles. The number of carbonyl (C=O) groups is 4. The molecule has 0 bridgehead atoms. The van der Waals surface area contributed by atoms with Crippen LogP contribution in [0.4, 0.5) is 26.3 Å². The summed E-state index contributed by atoms with van der Waals surface area (Å²) in [6.07, 6.45) is -11.5. The number of nitrogens with zero attached hydrogens (tertiary/aromatic N) is 1. The maximum Gasteiger partial charge on any atom is 0.471 e. The smallest absolute Gasteiger partial charge is 0.471 e. The second-order valence-corrected chi connectivity index (χ2v) is 4.79. The van der Waals surface area contributed by atoms with Crippen molar-refractivity contribution in [2.45, 2.75) is 25.2 Å². The number of alkyl halides is 6. The van der Waals surface area contributed by atoms with E-state index in [4.69, 9.17) is 5.11 Å². The van der Waals surface area contributed by atoms with Crippen LogP contribution in [0, 0.1) is 0 Å². The van der Waals surface area contributed by atoms with Crippen molar-refractivity contribution < 1.29 is 50.6 Å². The zero-order valence-electron chi connectivity index (χ0n) is 13.0. The average Bonchev–Trinajstić information content (AvgIpc) is 2.48. The Hall–Kier alpha value is -2.54. The van der Waals surface area contributed by atoms with Crippen molar-refractivity contribution in [1.29, 1.82) is 0 Å². The summed E-state index contributed by atoms with van der Waals surface area (Å²) < 4.78 is 73.3. The van der Waals surface area contributed by atoms with Gasteiger partial charge in [0.25, 0.3) is 0 Å². The molecule has 0 aliphatic carbocycles. The van der Waals surface area contributed by atoms with Gasteiger partial charge < -0.3 is 20.6 Å². The molecular weight excluding hydrogens is 380 g/mol. The summed E-state index contributed by atoms with van der Waals surface area (Å²) in [6.45, 7) is -2.98. The molecule has 0 aromatic heterocycles. The predicted octanol–water partition coefficient (Wildman–Crippen LogP) is 0.0368. The van der Waals surface area contributed by atoms with Crippen LogP contribution in [0.2, 0.25) is 0 Å². The van der Waals surface area contributed by atoms with Gasteiger partial charge in [0.1, 0.15) is 0 Å². The van der Waals surface area contributed by atoms with E-state index >= 15 is 0 Å². The highest BCUT2D eigenvalue weighted by atomic mass is 19.4. The molecule has 0 saturated heterocycles. The number of aliphatic carboxylic acids is 1. The van der Waals surface area contributed by atoms with E-state index in [1.807, 2.05) is 0 Å². The largest absolute Gasteiger partial charge is 0.481 e. The third-order valence-electron chi connectivity index (χ3n) is 2.72. The van der Waals surface area contributed by atoms with E-state index in [2.05, 4.69) is 5.32 Å². The molecule has 14 heteroatoms. The summed E-state index contributed by atoms with van der Waals surface area (Å²) in [4.78, 5) is 43.4. The molecule has 8 nitrogen and oxygen atoms in total. The van der Waals surface area contributed by atoms with Gasteiger partial charge in [0.2, 0.25) is 5.91 Å². The van der Waals surface area contributed by atoms with Crippen molar-refractivity contribution in [3.05, 3.63) is 0 Å². The molecule has 0 atom stereocenters. The van der Waals surface area contributed by atoms with Crippen molar-refractivity contribution in [1.82, 2.24) is 15.5 Å². The SMILES string of the molecule is O=C(O)CCC(=O)NCCN(CCNC(=O)C(F)(F)F)C(=O)C(F)(F)F. The Labute approximate surface area is 142 Å². The highest BCUT2D eigenvalue weighted by Crippen LogP contribution is 2.18. The van der Waals surface area contributed by atoms with Crippen LogP contribution in [0.5, 0.6) is 0 Å². The lowest BCUT2D eigenvalue weighted by Gasteiger charge is -2.24. The molecule has 0 aliphatic rings. The number of hydrogen-bond donors (Lipinski definition) is 3. The maximum atomic E-state index is 12.5. The first-order valence-corrected chi connectivity index (χ1v) is 6.94. The quantitative estimate of drug-likeness (QED) is 0.477. The fourth-order valence-corrected chi connectivity index (χ4v) is 1.54. The molecule has 0 rings (SSSR count). The van der Waals surface area contributed by atoms with E-state index in [9.17, 15) is 45.5 Å². The van der Waals surface area contributed by atoms with E-state index in [1.165, 1.54) is 5.32 Å². The van der Waals surface area contributed by atoms with Crippen LogP contribution in [-0.4, -0.2) is 72.2 Å². The summed E-state index contributed by atoms with van der Waals surface area (Å²) in [5, 5.41) is 11.7. The molecule has 0 heterocycles. The number of halogens is 6. The van der Waals surface area contributed by atoms with Crippen LogP contribution in [0.3, 0.4) is 0 Å². The van der Waals surface area contributed by atoms with E-state index in [0.717, 1.165) is 0 Å². The molecule has 0 radical (unpaired) electrons. The van der Waals surface area contributed by atoms with Gasteiger partial charge in [-0.05, 0) is 0 Å². The Morgan fingerprint density at radius 1 is 0.808 bits per heavy atom. The van der Waals surface area contributed by atoms with Gasteiger partial charge in [0.15, 0.2) is 0 Å². The number of amides is 3. The minimum absolute atomic E-state index is 0.105. The van der Waals surface area contributed by atoms with Crippen LogP contribution in [0.1, 0.15) is 12.8 Å². The molecular formula is C12H15F6N3O5. The van der Waals surface area contributed by atoms with E-state index in [-0.39, 0.29) is 4.90 Å². The van der Waals surface area contributed by atoms with Gasteiger partial charge in [0, 0.05) is 32.6 Å². The maximum absolute atomic E-state index is 12.5. The average molecular weight is 395 g/mol. The third-order valence-corrected chi connectivity index (χ3v) is 2.72. The number of carboxylic acid groups (broad SMARTS) is 1. The standard InChI is InChI=1S/C12H15F6N3O5/c13-11(14,15)9(25)20-4-6-21(10(26)12(16,17)18)5-3-19-7(22)1-2-8(23)24/h1-6H2,(H,19,22)(H,20,25)(H,23,24). The van der Waals surface area contributed by atoms with Crippen molar-refractivity contribution >= 4 is 23.7 Å². The Bertz CT molecular complexity index is 534. The van der Waals surface area contributed by atoms with Crippen LogP contribution >= 0.6 is 0 Å². The van der Waals surface area contributed by atoms with E-state index in [1.54, 1.807) is 0 Å². The fraction of sp³-hybridized carbons (Fsp3) is 0.667. The monoisotopic (exact) mass is 395 g/mol. The number of nitrogens with one attached hydrogen (secondary N) is 2. The van der Waals surface area contributed by atoms with Gasteiger partial charge in [-0.3, -0.25) is 19.2 Å². The van der Waals surface area contributed by atoms with Gasteiger partial charge in [-0.2, -0.15) is 26.3 Å². The molecule has 0 aromatic carbocycles. The minimum atomic E-state index is -5.30. The first kappa shape index (κ1) is 23.5. The predicted molar refractivity (Wildman–Crippen MR) is 71.6 cm³/mol. The molecule has 0 aromatic rings. The van der Waals surface area contributed by atoms with Crippen LogP contribution in [0.25, 0.3) is 0 Å². The highest BCUT2D eigenvalue weighted by Gasteiger charge is 2.42. The van der Waals surface area contributed by atoms with Crippen LogP contribution in [0.15, 0.2) is 0 Å². The van der Waals surface area contributed by atoms with Gasteiger partial charge >= 0.3 is 30.1 Å². The van der Waals surface area contributed by atoms with Gasteiger partial charge in [0.05, 0.1) is 6.42 Å². The molecule has 0 unspecified atom stereocenters. The van der Waals surface area contributed by atoms with Crippen molar-refractivity contribution in [2.24, 2.45) is 0 Å². The van der Waals surface area contributed by atoms with Crippen molar-refractivity contribution in [2.75, 3.05) is 26.2 Å². The summed E-state index contributed by atoms with van der Waals surface area (Å²) in [5.41, 5.74) is 0. The zero-order chi connectivity index (χ0) is 20.5. The summed E-state index contributed by atoms with van der Waals surface area (Å²) in [7, 11) is 0. The highest BCUT2D eigenvalue weighted by molar-refractivity contribution is 5.83. The molecule has 3 amide bonds. The molecule has 26 heavy (non-hydrogen) atoms. The summed E-state index contributed by atoms with van der Waals surface area (Å²) in [6, 6.07) is 0. The molecule has 0 spiro atoms. The normalized spacial score (nSPS) is 11.6. The fourth-order valence-electron chi connectivity index (χ4n) is 1.54. The Morgan fingerprint density at radius 2 is 1.31 bits per heavy atom. The Morgan fingerprint density at radius 3 is 1.73 bits per heavy atom. The van der Waals surface area contributed by atoms with Crippen LogP contribution in [-0.2, 0) is 19.2 Å². The Kier molecular flexibility index (Phi) is 8.86. The topological polar surface area (TPSA) is 116 Å². The molecule has 3 N–H and O–H groups in total. The van der Waals surface area contributed by atoms with E-state index < -0.39 is 75.1 Å². The lowest BCUT2D eigenvalue weighted by Crippen LogP contribution is -2.48. The number of carboxylic acids is 1. The number of hydrogen-bond acceptors (Lipinski definition) is 4. The lowest BCUT2D eigenvalue weighted by atomic mass is 10.3. The lowest BCUT2D eigenvalue weighted by molar-refractivity contribution is -0.185. The number of carbonyl (C=O) groups excluding carboxylic acids is 3. The van der Waals surface area contributed by atoms with Gasteiger partial charge in [-0.15, -0.1) is 0 Å².